The largest absolute Gasteiger partial charge is 0.329 e. The molecule has 3 heteroatoms. The molecular formula is C16H26N2S. The van der Waals surface area contributed by atoms with Gasteiger partial charge >= 0.3 is 0 Å². The molecule has 2 aliphatic rings. The van der Waals surface area contributed by atoms with Crippen LogP contribution in [0.2, 0.25) is 0 Å². The molecule has 0 amide bonds. The first kappa shape index (κ1) is 13.6. The quantitative estimate of drug-likeness (QED) is 0.899. The fourth-order valence-corrected chi connectivity index (χ4v) is 5.10. The summed E-state index contributed by atoms with van der Waals surface area (Å²) in [6.07, 6.45) is 5.18. The van der Waals surface area contributed by atoms with E-state index in [0.717, 1.165) is 24.9 Å². The van der Waals surface area contributed by atoms with Crippen LogP contribution in [0.4, 0.5) is 0 Å². The first-order chi connectivity index (χ1) is 9.15. The molecule has 19 heavy (non-hydrogen) atoms. The molecule has 1 fully saturated rings. The first-order valence-electron chi connectivity index (χ1n) is 7.66. The van der Waals surface area contributed by atoms with Crippen molar-refractivity contribution in [1.29, 1.82) is 0 Å². The Balaban J connectivity index is 1.83. The molecule has 3 unspecified atom stereocenters. The van der Waals surface area contributed by atoms with Gasteiger partial charge in [-0.15, -0.1) is 11.3 Å². The van der Waals surface area contributed by atoms with Crippen LogP contribution in [-0.4, -0.2) is 23.5 Å². The van der Waals surface area contributed by atoms with E-state index in [9.17, 15) is 0 Å². The van der Waals surface area contributed by atoms with Gasteiger partial charge in [0.1, 0.15) is 0 Å². The maximum absolute atomic E-state index is 6.26. The van der Waals surface area contributed by atoms with Gasteiger partial charge in [0.2, 0.25) is 0 Å². The summed E-state index contributed by atoms with van der Waals surface area (Å²) in [5.74, 6) is 1.60. The summed E-state index contributed by atoms with van der Waals surface area (Å²) in [6, 6.07) is 2.31. The van der Waals surface area contributed by atoms with E-state index < -0.39 is 0 Å². The molecule has 1 aliphatic heterocycles. The highest BCUT2D eigenvalue weighted by molar-refractivity contribution is 7.10. The summed E-state index contributed by atoms with van der Waals surface area (Å²) in [5.41, 5.74) is 8.07. The Bertz CT molecular complexity index is 442. The number of rotatable bonds is 2. The fourth-order valence-electron chi connectivity index (χ4n) is 4.21. The van der Waals surface area contributed by atoms with E-state index in [4.69, 9.17) is 5.73 Å². The molecule has 1 aromatic rings. The van der Waals surface area contributed by atoms with Crippen LogP contribution in [0.3, 0.4) is 0 Å². The van der Waals surface area contributed by atoms with Crippen molar-refractivity contribution in [3.8, 4) is 0 Å². The maximum atomic E-state index is 6.26. The molecule has 2 N–H and O–H groups in total. The van der Waals surface area contributed by atoms with Gasteiger partial charge in [-0.1, -0.05) is 13.8 Å². The lowest BCUT2D eigenvalue weighted by atomic mass is 9.68. The van der Waals surface area contributed by atoms with E-state index in [2.05, 4.69) is 30.2 Å². The number of hydrogen-bond acceptors (Lipinski definition) is 3. The van der Waals surface area contributed by atoms with Gasteiger partial charge in [-0.05, 0) is 54.5 Å². The highest BCUT2D eigenvalue weighted by Crippen LogP contribution is 2.42. The van der Waals surface area contributed by atoms with Crippen LogP contribution in [0, 0.1) is 11.8 Å². The third kappa shape index (κ3) is 2.26. The third-order valence-electron chi connectivity index (χ3n) is 5.53. The van der Waals surface area contributed by atoms with Crippen molar-refractivity contribution in [3.05, 3.63) is 21.9 Å². The van der Waals surface area contributed by atoms with E-state index in [1.165, 1.54) is 32.2 Å². The SMILES string of the molecule is CC1CCC(CN)(N2CCc3sccc3C2)C(C)C1. The topological polar surface area (TPSA) is 29.3 Å². The normalized spacial score (nSPS) is 36.2. The molecule has 1 aliphatic carbocycles. The van der Waals surface area contributed by atoms with Crippen molar-refractivity contribution in [1.82, 2.24) is 4.90 Å². The second-order valence-corrected chi connectivity index (χ2v) is 7.63. The Hall–Kier alpha value is -0.380. The van der Waals surface area contributed by atoms with Crippen molar-refractivity contribution in [2.45, 2.75) is 51.6 Å². The van der Waals surface area contributed by atoms with Gasteiger partial charge in [0, 0.05) is 30.1 Å². The van der Waals surface area contributed by atoms with Crippen molar-refractivity contribution < 1.29 is 0 Å². The monoisotopic (exact) mass is 278 g/mol. The van der Waals surface area contributed by atoms with Crippen molar-refractivity contribution in [2.24, 2.45) is 17.6 Å². The van der Waals surface area contributed by atoms with Gasteiger partial charge in [-0.25, -0.2) is 0 Å². The molecule has 0 spiro atoms. The Morgan fingerprint density at radius 1 is 1.47 bits per heavy atom. The predicted octanol–water partition coefficient (Wildman–Crippen LogP) is 3.26. The molecular weight excluding hydrogens is 252 g/mol. The Kier molecular flexibility index (Phi) is 3.71. The Morgan fingerprint density at radius 2 is 2.32 bits per heavy atom. The molecule has 1 saturated carbocycles. The van der Waals surface area contributed by atoms with Crippen molar-refractivity contribution >= 4 is 11.3 Å². The molecule has 0 saturated heterocycles. The van der Waals surface area contributed by atoms with Crippen LogP contribution in [-0.2, 0) is 13.0 Å². The van der Waals surface area contributed by atoms with Crippen LogP contribution in [0.15, 0.2) is 11.4 Å². The molecule has 106 valence electrons. The van der Waals surface area contributed by atoms with Crippen LogP contribution >= 0.6 is 11.3 Å². The Labute approximate surface area is 121 Å². The van der Waals surface area contributed by atoms with E-state index in [-0.39, 0.29) is 5.54 Å². The standard InChI is InChI=1S/C16H26N2S/c1-12-3-6-16(11-17,13(2)9-12)18-7-4-15-14(10-18)5-8-19-15/h5,8,12-13H,3-4,6-7,9-11,17H2,1-2H3. The lowest BCUT2D eigenvalue weighted by molar-refractivity contribution is -0.00929. The first-order valence-corrected chi connectivity index (χ1v) is 8.54. The zero-order valence-electron chi connectivity index (χ0n) is 12.2. The number of hydrogen-bond donors (Lipinski definition) is 1. The zero-order valence-corrected chi connectivity index (χ0v) is 13.0. The fraction of sp³-hybridized carbons (Fsp3) is 0.750. The highest BCUT2D eigenvalue weighted by atomic mass is 32.1. The maximum Gasteiger partial charge on any atom is 0.0361 e. The third-order valence-corrected chi connectivity index (χ3v) is 6.56. The smallest absolute Gasteiger partial charge is 0.0361 e. The van der Waals surface area contributed by atoms with Crippen LogP contribution in [0.25, 0.3) is 0 Å². The number of thiophene rings is 1. The summed E-state index contributed by atoms with van der Waals surface area (Å²) in [4.78, 5) is 4.30. The molecule has 0 radical (unpaired) electrons. The minimum Gasteiger partial charge on any atom is -0.329 e. The molecule has 0 aromatic carbocycles. The van der Waals surface area contributed by atoms with Crippen molar-refractivity contribution in [3.63, 3.8) is 0 Å². The summed E-state index contributed by atoms with van der Waals surface area (Å²) in [7, 11) is 0. The van der Waals surface area contributed by atoms with Gasteiger partial charge < -0.3 is 5.73 Å². The van der Waals surface area contributed by atoms with E-state index >= 15 is 0 Å². The van der Waals surface area contributed by atoms with E-state index in [1.54, 1.807) is 10.4 Å². The minimum atomic E-state index is 0.256. The summed E-state index contributed by atoms with van der Waals surface area (Å²) >= 11 is 1.92. The lowest BCUT2D eigenvalue weighted by Crippen LogP contribution is -2.60. The average Bonchev–Trinajstić information content (AvgIpc) is 2.87. The second kappa shape index (κ2) is 5.19. The molecule has 3 atom stereocenters. The molecule has 1 aromatic heterocycles. The second-order valence-electron chi connectivity index (χ2n) is 6.63. The number of fused-ring (bicyclic) bond motifs is 1. The van der Waals surface area contributed by atoms with Crippen molar-refractivity contribution in [2.75, 3.05) is 13.1 Å². The summed E-state index contributed by atoms with van der Waals surface area (Å²) in [5, 5.41) is 2.25. The molecule has 0 bridgehead atoms. The van der Waals surface area contributed by atoms with Gasteiger partial charge in [0.05, 0.1) is 0 Å². The van der Waals surface area contributed by atoms with E-state index in [1.807, 2.05) is 11.3 Å². The van der Waals surface area contributed by atoms with Gasteiger partial charge in [0.15, 0.2) is 0 Å². The average molecular weight is 278 g/mol. The number of nitrogens with two attached hydrogens (primary N) is 1. The zero-order chi connectivity index (χ0) is 13.5. The van der Waals surface area contributed by atoms with Crippen LogP contribution < -0.4 is 5.73 Å². The van der Waals surface area contributed by atoms with Crippen LogP contribution in [0.1, 0.15) is 43.6 Å². The van der Waals surface area contributed by atoms with Gasteiger partial charge in [0.25, 0.3) is 0 Å². The summed E-state index contributed by atoms with van der Waals surface area (Å²) in [6.45, 7) is 7.95. The van der Waals surface area contributed by atoms with Gasteiger partial charge in [-0.3, -0.25) is 4.90 Å². The van der Waals surface area contributed by atoms with Crippen LogP contribution in [0.5, 0.6) is 0 Å². The number of nitrogens with zero attached hydrogens (tertiary/aromatic N) is 1. The van der Waals surface area contributed by atoms with E-state index in [0.29, 0.717) is 0 Å². The highest BCUT2D eigenvalue weighted by Gasteiger charge is 2.44. The molecule has 3 rings (SSSR count). The molecule has 2 nitrogen and oxygen atoms in total. The Morgan fingerprint density at radius 3 is 3.05 bits per heavy atom. The summed E-state index contributed by atoms with van der Waals surface area (Å²) < 4.78 is 0. The lowest BCUT2D eigenvalue weighted by Gasteiger charge is -2.52. The predicted molar refractivity (Wildman–Crippen MR) is 82.4 cm³/mol. The minimum absolute atomic E-state index is 0.256. The molecule has 2 heterocycles. The van der Waals surface area contributed by atoms with Gasteiger partial charge in [-0.2, -0.15) is 0 Å².